The Morgan fingerprint density at radius 2 is 1.71 bits per heavy atom. The van der Waals surface area contributed by atoms with Gasteiger partial charge in [0.05, 0.1) is 7.11 Å². The molecule has 0 bridgehead atoms. The van der Waals surface area contributed by atoms with Crippen molar-refractivity contribution in [2.75, 3.05) is 20.2 Å². The summed E-state index contributed by atoms with van der Waals surface area (Å²) in [7, 11) is 1.67. The van der Waals surface area contributed by atoms with Gasteiger partial charge in [0, 0.05) is 19.5 Å². The van der Waals surface area contributed by atoms with Crippen molar-refractivity contribution >= 4 is 5.97 Å². The van der Waals surface area contributed by atoms with Crippen LogP contribution in [0.1, 0.15) is 24.0 Å². The first-order valence-electron chi connectivity index (χ1n) is 8.28. The van der Waals surface area contributed by atoms with E-state index in [1.54, 1.807) is 7.11 Å². The molecule has 2 aromatic carbocycles. The number of hydrogen-bond donors (Lipinski definition) is 1. The lowest BCUT2D eigenvalue weighted by atomic mass is 10.1. The van der Waals surface area contributed by atoms with Crippen LogP contribution in [0.15, 0.2) is 54.6 Å². The molecule has 0 aliphatic carbocycles. The van der Waals surface area contributed by atoms with Crippen molar-refractivity contribution in [3.63, 3.8) is 0 Å². The molecule has 0 radical (unpaired) electrons. The van der Waals surface area contributed by atoms with Crippen LogP contribution in [0, 0.1) is 0 Å². The fourth-order valence-electron chi connectivity index (χ4n) is 2.64. The van der Waals surface area contributed by atoms with Gasteiger partial charge < -0.3 is 9.84 Å². The second-order valence-corrected chi connectivity index (χ2v) is 5.86. The van der Waals surface area contributed by atoms with Crippen molar-refractivity contribution < 1.29 is 14.6 Å². The molecule has 2 rings (SSSR count). The van der Waals surface area contributed by atoms with Gasteiger partial charge in [-0.1, -0.05) is 42.5 Å². The number of methoxy groups -OCH3 is 1. The maximum Gasteiger partial charge on any atom is 0.303 e. The third kappa shape index (κ3) is 6.42. The number of carbonyl (C=O) groups is 1. The van der Waals surface area contributed by atoms with Gasteiger partial charge in [0.15, 0.2) is 0 Å². The van der Waals surface area contributed by atoms with Crippen molar-refractivity contribution in [3.8, 4) is 5.75 Å². The predicted octanol–water partition coefficient (Wildman–Crippen LogP) is 3.60. The van der Waals surface area contributed by atoms with Crippen LogP contribution in [0.25, 0.3) is 0 Å². The van der Waals surface area contributed by atoms with Crippen molar-refractivity contribution in [1.82, 2.24) is 4.90 Å². The highest BCUT2D eigenvalue weighted by molar-refractivity contribution is 5.66. The fraction of sp³-hybridized carbons (Fsp3) is 0.350. The molecule has 0 unspecified atom stereocenters. The molecule has 0 spiro atoms. The summed E-state index contributed by atoms with van der Waals surface area (Å²) in [5.41, 5.74) is 2.51. The largest absolute Gasteiger partial charge is 0.497 e. The minimum absolute atomic E-state index is 0.216. The summed E-state index contributed by atoms with van der Waals surface area (Å²) in [5.74, 6) is 0.131. The number of aliphatic carboxylic acids is 1. The summed E-state index contributed by atoms with van der Waals surface area (Å²) in [6.07, 6.45) is 1.82. The van der Waals surface area contributed by atoms with Crippen LogP contribution >= 0.6 is 0 Å². The van der Waals surface area contributed by atoms with E-state index in [4.69, 9.17) is 9.84 Å². The number of carboxylic acids is 1. The van der Waals surface area contributed by atoms with Crippen molar-refractivity contribution in [2.45, 2.75) is 25.8 Å². The molecule has 2 aromatic rings. The zero-order valence-electron chi connectivity index (χ0n) is 14.1. The highest BCUT2D eigenvalue weighted by atomic mass is 16.5. The summed E-state index contributed by atoms with van der Waals surface area (Å²) < 4.78 is 5.18. The molecular weight excluding hydrogens is 302 g/mol. The maximum absolute atomic E-state index is 10.7. The number of rotatable bonds is 10. The van der Waals surface area contributed by atoms with Crippen LogP contribution in [0.3, 0.4) is 0 Å². The Bertz CT molecular complexity index is 611. The predicted molar refractivity (Wildman–Crippen MR) is 95.3 cm³/mol. The normalized spacial score (nSPS) is 10.8. The third-order valence-electron chi connectivity index (χ3n) is 3.99. The Morgan fingerprint density at radius 1 is 1.00 bits per heavy atom. The van der Waals surface area contributed by atoms with Crippen LogP contribution in [-0.2, 0) is 17.8 Å². The molecule has 0 fully saturated rings. The summed E-state index contributed by atoms with van der Waals surface area (Å²) in [5, 5.41) is 8.84. The van der Waals surface area contributed by atoms with Gasteiger partial charge in [-0.25, -0.2) is 0 Å². The first kappa shape index (κ1) is 18.0. The molecule has 0 aliphatic rings. The number of hydrogen-bond acceptors (Lipinski definition) is 3. The SMILES string of the molecule is COc1ccc(CCN(CCCC(=O)O)Cc2ccccc2)cc1. The molecule has 128 valence electrons. The van der Waals surface area contributed by atoms with E-state index >= 15 is 0 Å². The number of benzene rings is 2. The highest BCUT2D eigenvalue weighted by Gasteiger charge is 2.08. The van der Waals surface area contributed by atoms with Gasteiger partial charge in [-0.05, 0) is 42.6 Å². The van der Waals surface area contributed by atoms with Crippen molar-refractivity contribution in [1.29, 1.82) is 0 Å². The van der Waals surface area contributed by atoms with Gasteiger partial charge in [0.2, 0.25) is 0 Å². The standard InChI is InChI=1S/C20H25NO3/c1-24-19-11-9-17(10-12-19)13-15-21(14-5-8-20(22)23)16-18-6-3-2-4-7-18/h2-4,6-7,9-12H,5,8,13-16H2,1H3,(H,22,23). The minimum atomic E-state index is -0.732. The molecule has 4 heteroatoms. The summed E-state index contributed by atoms with van der Waals surface area (Å²) in [6.45, 7) is 2.54. The third-order valence-corrected chi connectivity index (χ3v) is 3.99. The molecule has 0 amide bonds. The van der Waals surface area contributed by atoms with E-state index in [2.05, 4.69) is 29.2 Å². The molecular formula is C20H25NO3. The van der Waals surface area contributed by atoms with Crippen LogP contribution < -0.4 is 4.74 Å². The Balaban J connectivity index is 1.91. The Kier molecular flexibility index (Phi) is 7.30. The molecule has 0 atom stereocenters. The molecule has 4 nitrogen and oxygen atoms in total. The van der Waals surface area contributed by atoms with Crippen LogP contribution in [-0.4, -0.2) is 36.2 Å². The first-order chi connectivity index (χ1) is 11.7. The molecule has 0 saturated heterocycles. The quantitative estimate of drug-likeness (QED) is 0.724. The molecule has 0 saturated carbocycles. The molecule has 1 N–H and O–H groups in total. The second-order valence-electron chi connectivity index (χ2n) is 5.86. The molecule has 0 aliphatic heterocycles. The zero-order chi connectivity index (χ0) is 17.2. The van der Waals surface area contributed by atoms with E-state index in [1.807, 2.05) is 30.3 Å². The second kappa shape index (κ2) is 9.73. The van der Waals surface area contributed by atoms with E-state index in [0.29, 0.717) is 6.42 Å². The number of carboxylic acid groups (broad SMARTS) is 1. The minimum Gasteiger partial charge on any atom is -0.497 e. The van der Waals surface area contributed by atoms with Gasteiger partial charge in [-0.3, -0.25) is 9.69 Å². The lowest BCUT2D eigenvalue weighted by Crippen LogP contribution is -2.27. The first-order valence-corrected chi connectivity index (χ1v) is 8.28. The highest BCUT2D eigenvalue weighted by Crippen LogP contribution is 2.13. The van der Waals surface area contributed by atoms with Crippen LogP contribution in [0.2, 0.25) is 0 Å². The maximum atomic E-state index is 10.7. The van der Waals surface area contributed by atoms with E-state index in [-0.39, 0.29) is 6.42 Å². The monoisotopic (exact) mass is 327 g/mol. The van der Waals surface area contributed by atoms with Gasteiger partial charge >= 0.3 is 5.97 Å². The Morgan fingerprint density at radius 3 is 2.33 bits per heavy atom. The molecule has 0 heterocycles. The summed E-state index contributed by atoms with van der Waals surface area (Å²) in [4.78, 5) is 13.1. The summed E-state index contributed by atoms with van der Waals surface area (Å²) >= 11 is 0. The fourth-order valence-corrected chi connectivity index (χ4v) is 2.64. The summed E-state index contributed by atoms with van der Waals surface area (Å²) in [6, 6.07) is 18.4. The van der Waals surface area contributed by atoms with Crippen molar-refractivity contribution in [2.24, 2.45) is 0 Å². The number of nitrogens with zero attached hydrogens (tertiary/aromatic N) is 1. The molecule has 0 aromatic heterocycles. The topological polar surface area (TPSA) is 49.8 Å². The van der Waals surface area contributed by atoms with E-state index in [1.165, 1.54) is 11.1 Å². The average molecular weight is 327 g/mol. The van der Waals surface area contributed by atoms with Gasteiger partial charge in [0.25, 0.3) is 0 Å². The number of ether oxygens (including phenoxy) is 1. The zero-order valence-corrected chi connectivity index (χ0v) is 14.1. The van der Waals surface area contributed by atoms with Crippen LogP contribution in [0.5, 0.6) is 5.75 Å². The molecule has 24 heavy (non-hydrogen) atoms. The van der Waals surface area contributed by atoms with Crippen LogP contribution in [0.4, 0.5) is 0 Å². The lowest BCUT2D eigenvalue weighted by Gasteiger charge is -2.22. The van der Waals surface area contributed by atoms with E-state index in [0.717, 1.165) is 31.8 Å². The van der Waals surface area contributed by atoms with Gasteiger partial charge in [0.1, 0.15) is 5.75 Å². The lowest BCUT2D eigenvalue weighted by molar-refractivity contribution is -0.137. The van der Waals surface area contributed by atoms with Gasteiger partial charge in [-0.2, -0.15) is 0 Å². The Hall–Kier alpha value is -2.33. The average Bonchev–Trinajstić information content (AvgIpc) is 2.60. The van der Waals surface area contributed by atoms with Gasteiger partial charge in [-0.15, -0.1) is 0 Å². The van der Waals surface area contributed by atoms with E-state index < -0.39 is 5.97 Å². The van der Waals surface area contributed by atoms with Crippen molar-refractivity contribution in [3.05, 3.63) is 65.7 Å². The van der Waals surface area contributed by atoms with E-state index in [9.17, 15) is 4.79 Å². The smallest absolute Gasteiger partial charge is 0.303 e. The Labute approximate surface area is 143 Å².